The van der Waals surface area contributed by atoms with Crippen LogP contribution >= 0.6 is 0 Å². The smallest absolute Gasteiger partial charge is 0.143 e. The van der Waals surface area contributed by atoms with E-state index in [9.17, 15) is 0 Å². The molecule has 2 heterocycles. The predicted molar refractivity (Wildman–Crippen MR) is 93.7 cm³/mol. The van der Waals surface area contributed by atoms with E-state index < -0.39 is 0 Å². The summed E-state index contributed by atoms with van der Waals surface area (Å²) >= 11 is 0. The summed E-state index contributed by atoms with van der Waals surface area (Å²) in [5, 5.41) is 16.3. The Labute approximate surface area is 146 Å². The molecule has 0 aliphatic heterocycles. The minimum Gasteiger partial charge on any atom is -0.243 e. The van der Waals surface area contributed by atoms with Crippen LogP contribution in [0.25, 0.3) is 44.3 Å². The second kappa shape index (κ2) is 4.16. The first-order valence-electron chi connectivity index (χ1n) is 8.52. The highest BCUT2D eigenvalue weighted by Crippen LogP contribution is 2.47. The quantitative estimate of drug-likeness (QED) is 0.417. The molecule has 0 N–H and O–H groups in total. The molecule has 0 saturated carbocycles. The third-order valence-corrected chi connectivity index (χ3v) is 5.66. The van der Waals surface area contributed by atoms with Crippen molar-refractivity contribution in [2.45, 2.75) is 12.8 Å². The van der Waals surface area contributed by atoms with Gasteiger partial charge in [0.05, 0.1) is 0 Å². The zero-order chi connectivity index (χ0) is 16.8. The average Bonchev–Trinajstić information content (AvgIpc) is 3.40. The Bertz CT molecular complexity index is 1290. The first-order chi connectivity index (χ1) is 12.9. The summed E-state index contributed by atoms with van der Waals surface area (Å²) in [4.78, 5) is 0. The van der Waals surface area contributed by atoms with Crippen molar-refractivity contribution in [3.63, 3.8) is 0 Å². The second-order valence-corrected chi connectivity index (χ2v) is 6.98. The van der Waals surface area contributed by atoms with Crippen molar-refractivity contribution in [1.29, 1.82) is 0 Å². The van der Waals surface area contributed by atoms with Crippen molar-refractivity contribution in [2.24, 2.45) is 0 Å². The van der Waals surface area contributed by atoms with Gasteiger partial charge < -0.3 is 0 Å². The van der Waals surface area contributed by atoms with Gasteiger partial charge in [-0.2, -0.15) is 0 Å². The van der Waals surface area contributed by atoms with Gasteiger partial charge in [-0.1, -0.05) is 12.1 Å². The van der Waals surface area contributed by atoms with E-state index in [1.807, 2.05) is 12.1 Å². The van der Waals surface area contributed by atoms with E-state index in [0.717, 1.165) is 46.0 Å². The number of fused-ring (bicyclic) bond motifs is 10. The molecule has 5 aromatic rings. The van der Waals surface area contributed by atoms with E-state index in [-0.39, 0.29) is 0 Å². The molecule has 0 fully saturated rings. The van der Waals surface area contributed by atoms with Gasteiger partial charge in [0.2, 0.25) is 0 Å². The van der Waals surface area contributed by atoms with E-state index in [0.29, 0.717) is 0 Å². The molecule has 26 heavy (non-hydrogen) atoms. The van der Waals surface area contributed by atoms with Gasteiger partial charge >= 0.3 is 0 Å². The number of benzene rings is 3. The topological polar surface area (TPSA) is 77.8 Å². The third kappa shape index (κ3) is 1.40. The highest BCUT2D eigenvalue weighted by Gasteiger charge is 2.29. The Hall–Kier alpha value is -3.54. The van der Waals surface area contributed by atoms with Crippen LogP contribution in [-0.2, 0) is 12.8 Å². The molecule has 2 aliphatic rings. The number of nitrogens with zero attached hydrogens (tertiary/aromatic N) is 4. The summed E-state index contributed by atoms with van der Waals surface area (Å²) in [6.07, 6.45) is 1.78. The first kappa shape index (κ1) is 12.8. The van der Waals surface area contributed by atoms with Crippen molar-refractivity contribution < 1.29 is 9.26 Å². The Morgan fingerprint density at radius 3 is 1.58 bits per heavy atom. The Balaban J connectivity index is 1.53. The van der Waals surface area contributed by atoms with Crippen LogP contribution in [0.3, 0.4) is 0 Å². The normalized spacial score (nSPS) is 13.8. The van der Waals surface area contributed by atoms with Gasteiger partial charge in [0.1, 0.15) is 22.1 Å². The maximum absolute atomic E-state index is 4.96. The molecule has 122 valence electrons. The molecule has 3 aromatic carbocycles. The fourth-order valence-corrected chi connectivity index (χ4v) is 4.54. The highest BCUT2D eigenvalue weighted by molar-refractivity contribution is 6.01. The largest absolute Gasteiger partial charge is 0.243 e. The number of aromatic nitrogens is 4. The molecule has 6 heteroatoms. The Kier molecular flexibility index (Phi) is 2.04. The van der Waals surface area contributed by atoms with E-state index in [4.69, 9.17) is 9.26 Å². The fraction of sp³-hybridized carbons (Fsp3) is 0.100. The second-order valence-electron chi connectivity index (χ2n) is 6.98. The van der Waals surface area contributed by atoms with Crippen molar-refractivity contribution in [3.8, 4) is 22.3 Å². The zero-order valence-corrected chi connectivity index (χ0v) is 13.5. The van der Waals surface area contributed by atoms with Crippen molar-refractivity contribution >= 4 is 22.1 Å². The monoisotopic (exact) mass is 338 g/mol. The molecule has 2 aliphatic carbocycles. The van der Waals surface area contributed by atoms with Crippen molar-refractivity contribution in [1.82, 2.24) is 20.6 Å². The van der Waals surface area contributed by atoms with Crippen LogP contribution in [0.1, 0.15) is 22.3 Å². The van der Waals surface area contributed by atoms with Gasteiger partial charge in [-0.25, -0.2) is 9.26 Å². The number of hydrogen-bond donors (Lipinski definition) is 0. The molecule has 0 atom stereocenters. The first-order valence-corrected chi connectivity index (χ1v) is 8.52. The lowest BCUT2D eigenvalue weighted by atomic mass is 9.97. The Morgan fingerprint density at radius 2 is 1.08 bits per heavy atom. The van der Waals surface area contributed by atoms with Crippen LogP contribution in [0.15, 0.2) is 45.7 Å². The van der Waals surface area contributed by atoms with Crippen LogP contribution < -0.4 is 0 Å². The summed E-state index contributed by atoms with van der Waals surface area (Å²) in [6, 6.07) is 12.8. The summed E-state index contributed by atoms with van der Waals surface area (Å²) in [6.45, 7) is 0. The maximum Gasteiger partial charge on any atom is 0.143 e. The van der Waals surface area contributed by atoms with Crippen LogP contribution in [0.4, 0.5) is 0 Å². The molecule has 0 radical (unpaired) electrons. The molecule has 6 nitrogen and oxygen atoms in total. The molecule has 0 bridgehead atoms. The minimum absolute atomic E-state index is 0.802. The standard InChI is InChI=1S/C20H10N4O2/c1-3-15-19(23-25-21-15)17-9(1)5-11-7-14-12(8-13(11)17)6-10-2-4-16-20(18(10)14)24-26-22-16/h1-4,7-8H,5-6H2. The average molecular weight is 338 g/mol. The van der Waals surface area contributed by atoms with E-state index in [2.05, 4.69) is 44.9 Å². The molecule has 0 amide bonds. The van der Waals surface area contributed by atoms with Gasteiger partial charge in [0.15, 0.2) is 0 Å². The van der Waals surface area contributed by atoms with Crippen LogP contribution in [0.2, 0.25) is 0 Å². The van der Waals surface area contributed by atoms with E-state index >= 15 is 0 Å². The minimum atomic E-state index is 0.802. The molecule has 7 rings (SSSR count). The zero-order valence-electron chi connectivity index (χ0n) is 13.5. The third-order valence-electron chi connectivity index (χ3n) is 5.66. The molecule has 0 spiro atoms. The van der Waals surface area contributed by atoms with Crippen LogP contribution in [0.5, 0.6) is 0 Å². The highest BCUT2D eigenvalue weighted by atomic mass is 16.6. The van der Waals surface area contributed by atoms with Crippen LogP contribution in [-0.4, -0.2) is 20.6 Å². The van der Waals surface area contributed by atoms with Crippen molar-refractivity contribution in [3.05, 3.63) is 58.7 Å². The molecule has 0 saturated heterocycles. The lowest BCUT2D eigenvalue weighted by Gasteiger charge is -2.06. The van der Waals surface area contributed by atoms with Gasteiger partial charge in [0.25, 0.3) is 0 Å². The van der Waals surface area contributed by atoms with Crippen molar-refractivity contribution in [2.75, 3.05) is 0 Å². The molecular weight excluding hydrogens is 328 g/mol. The molecule has 0 unspecified atom stereocenters. The fourth-order valence-electron chi connectivity index (χ4n) is 4.54. The summed E-state index contributed by atoms with van der Waals surface area (Å²) in [5.41, 5.74) is 13.2. The van der Waals surface area contributed by atoms with Gasteiger partial charge in [-0.05, 0) is 91.1 Å². The number of hydrogen-bond acceptors (Lipinski definition) is 6. The van der Waals surface area contributed by atoms with E-state index in [1.165, 1.54) is 33.4 Å². The summed E-state index contributed by atoms with van der Waals surface area (Å²) in [7, 11) is 0. The summed E-state index contributed by atoms with van der Waals surface area (Å²) < 4.78 is 9.92. The molecule has 2 aromatic heterocycles. The maximum atomic E-state index is 4.96. The van der Waals surface area contributed by atoms with Gasteiger partial charge in [0, 0.05) is 11.1 Å². The van der Waals surface area contributed by atoms with Gasteiger partial charge in [-0.15, -0.1) is 0 Å². The summed E-state index contributed by atoms with van der Waals surface area (Å²) in [5.74, 6) is 0. The predicted octanol–water partition coefficient (Wildman–Crippen LogP) is 3.90. The lowest BCUT2D eigenvalue weighted by molar-refractivity contribution is 0.315. The van der Waals surface area contributed by atoms with E-state index in [1.54, 1.807) is 0 Å². The van der Waals surface area contributed by atoms with Crippen LogP contribution in [0, 0.1) is 0 Å². The molecular formula is C20H10N4O2. The Morgan fingerprint density at radius 1 is 0.577 bits per heavy atom. The van der Waals surface area contributed by atoms with Gasteiger partial charge in [-0.3, -0.25) is 0 Å². The SMILES string of the molecule is c1cc2nonc2c2c1Cc1cc3c(cc1-2)Cc1ccc2nonc2c1-3. The lowest BCUT2D eigenvalue weighted by Crippen LogP contribution is -1.86. The number of rotatable bonds is 0.